The van der Waals surface area contributed by atoms with Gasteiger partial charge in [-0.25, -0.2) is 0 Å². The lowest BCUT2D eigenvalue weighted by Crippen LogP contribution is -2.42. The van der Waals surface area contributed by atoms with Gasteiger partial charge in [-0.2, -0.15) is 13.2 Å². The third-order valence-electron chi connectivity index (χ3n) is 3.86. The Labute approximate surface area is 166 Å². The smallest absolute Gasteiger partial charge is 0.265 e. The Balaban J connectivity index is 2.15. The molecule has 1 N–H and O–H groups in total. The van der Waals surface area contributed by atoms with Crippen molar-refractivity contribution >= 4 is 51.5 Å². The molecule has 25 heavy (non-hydrogen) atoms. The van der Waals surface area contributed by atoms with Crippen LogP contribution in [0.25, 0.3) is 5.70 Å². The fourth-order valence-corrected chi connectivity index (χ4v) is 3.56. The van der Waals surface area contributed by atoms with Crippen LogP contribution in [0, 0.1) is 10.5 Å². The van der Waals surface area contributed by atoms with Gasteiger partial charge < -0.3 is 0 Å². The molecular formula is C17H11Cl2F3INO. The summed E-state index contributed by atoms with van der Waals surface area (Å²) in [5.74, 6) is 0. The maximum atomic E-state index is 13.9. The van der Waals surface area contributed by atoms with Gasteiger partial charge in [0.05, 0.1) is 5.70 Å². The third-order valence-corrected chi connectivity index (χ3v) is 5.46. The van der Waals surface area contributed by atoms with Gasteiger partial charge in [-0.3, -0.25) is 10.3 Å². The normalized spacial score (nSPS) is 20.4. The van der Waals surface area contributed by atoms with Gasteiger partial charge in [0, 0.05) is 24.7 Å². The van der Waals surface area contributed by atoms with Crippen LogP contribution in [0.15, 0.2) is 42.5 Å². The molecule has 0 aliphatic carbocycles. The highest BCUT2D eigenvalue weighted by Gasteiger charge is 2.59. The summed E-state index contributed by atoms with van der Waals surface area (Å²) in [6.07, 6.45) is -3.71. The number of hydrogen-bond acceptors (Lipinski definition) is 2. The average Bonchev–Trinajstić information content (AvgIpc) is 2.95. The second-order valence-corrected chi connectivity index (χ2v) is 7.65. The number of aryl methyl sites for hydroxylation is 1. The van der Waals surface area contributed by atoms with Gasteiger partial charge in [0.2, 0.25) is 5.60 Å². The van der Waals surface area contributed by atoms with E-state index in [2.05, 4.69) is 28.1 Å². The van der Waals surface area contributed by atoms with Crippen LogP contribution < -0.4 is 5.48 Å². The zero-order valence-corrected chi connectivity index (χ0v) is 16.4. The lowest BCUT2D eigenvalue weighted by atomic mass is 9.91. The number of nitrogens with one attached hydrogen (secondary N) is 1. The second kappa shape index (κ2) is 6.64. The Morgan fingerprint density at radius 1 is 1.08 bits per heavy atom. The van der Waals surface area contributed by atoms with Crippen molar-refractivity contribution in [2.24, 2.45) is 0 Å². The summed E-state index contributed by atoms with van der Waals surface area (Å²) in [7, 11) is 0. The molecule has 1 aliphatic heterocycles. The van der Waals surface area contributed by atoms with Crippen molar-refractivity contribution in [3.8, 4) is 0 Å². The number of benzene rings is 2. The molecule has 0 bridgehead atoms. The first-order valence-corrected chi connectivity index (χ1v) is 8.92. The minimum Gasteiger partial charge on any atom is -0.265 e. The lowest BCUT2D eigenvalue weighted by molar-refractivity contribution is -0.269. The summed E-state index contributed by atoms with van der Waals surface area (Å²) < 4.78 is 42.6. The van der Waals surface area contributed by atoms with E-state index >= 15 is 0 Å². The van der Waals surface area contributed by atoms with E-state index in [9.17, 15) is 13.2 Å². The van der Waals surface area contributed by atoms with Crippen LogP contribution in [0.2, 0.25) is 10.0 Å². The molecule has 0 saturated carbocycles. The second-order valence-electron chi connectivity index (χ2n) is 5.62. The molecule has 132 valence electrons. The monoisotopic (exact) mass is 499 g/mol. The summed E-state index contributed by atoms with van der Waals surface area (Å²) in [5, 5.41) is 0.197. The van der Waals surface area contributed by atoms with Crippen molar-refractivity contribution in [3.63, 3.8) is 0 Å². The van der Waals surface area contributed by atoms with Crippen LogP contribution in [0.5, 0.6) is 0 Å². The topological polar surface area (TPSA) is 21.3 Å². The Morgan fingerprint density at radius 3 is 2.28 bits per heavy atom. The van der Waals surface area contributed by atoms with Crippen LogP contribution in [-0.4, -0.2) is 6.18 Å². The Morgan fingerprint density at radius 2 is 1.72 bits per heavy atom. The van der Waals surface area contributed by atoms with Crippen molar-refractivity contribution in [2.45, 2.75) is 18.7 Å². The highest BCUT2D eigenvalue weighted by atomic mass is 127. The van der Waals surface area contributed by atoms with E-state index < -0.39 is 11.8 Å². The Kier molecular flexibility index (Phi) is 5.00. The molecule has 1 unspecified atom stereocenters. The summed E-state index contributed by atoms with van der Waals surface area (Å²) >= 11 is 13.9. The molecule has 2 nitrogen and oxygen atoms in total. The van der Waals surface area contributed by atoms with E-state index in [4.69, 9.17) is 28.0 Å². The minimum absolute atomic E-state index is 0.0986. The maximum Gasteiger partial charge on any atom is 0.428 e. The largest absolute Gasteiger partial charge is 0.428 e. The van der Waals surface area contributed by atoms with Gasteiger partial charge >= 0.3 is 6.18 Å². The fourth-order valence-electron chi connectivity index (χ4n) is 2.51. The van der Waals surface area contributed by atoms with E-state index in [0.29, 0.717) is 5.56 Å². The van der Waals surface area contributed by atoms with Crippen molar-refractivity contribution in [1.82, 2.24) is 5.48 Å². The molecule has 2 aromatic rings. The molecule has 0 saturated heterocycles. The van der Waals surface area contributed by atoms with Crippen LogP contribution in [0.4, 0.5) is 13.2 Å². The highest BCUT2D eigenvalue weighted by molar-refractivity contribution is 14.1. The van der Waals surface area contributed by atoms with E-state index in [-0.39, 0.29) is 21.3 Å². The van der Waals surface area contributed by atoms with Crippen molar-refractivity contribution < 1.29 is 18.0 Å². The Hall–Kier alpha value is -0.960. The van der Waals surface area contributed by atoms with Crippen molar-refractivity contribution in [1.29, 1.82) is 0 Å². The molecule has 1 heterocycles. The third kappa shape index (κ3) is 3.49. The van der Waals surface area contributed by atoms with E-state index in [1.165, 1.54) is 18.2 Å². The van der Waals surface area contributed by atoms with Gasteiger partial charge in [-0.1, -0.05) is 35.3 Å². The number of alkyl halides is 3. The predicted octanol–water partition coefficient (Wildman–Crippen LogP) is 6.24. The zero-order valence-electron chi connectivity index (χ0n) is 12.7. The minimum atomic E-state index is -4.71. The molecule has 0 fully saturated rings. The van der Waals surface area contributed by atoms with Crippen molar-refractivity contribution in [2.75, 3.05) is 0 Å². The SMILES string of the molecule is Cc1ccc(C2=CC(c3cc(Cl)cc(Cl)c3)(C(F)(F)F)ON2)cc1I. The molecule has 0 amide bonds. The van der Waals surface area contributed by atoms with E-state index in [1.54, 1.807) is 12.1 Å². The summed E-state index contributed by atoms with van der Waals surface area (Å²) in [5.41, 5.74) is 1.39. The zero-order chi connectivity index (χ0) is 18.4. The van der Waals surface area contributed by atoms with E-state index in [0.717, 1.165) is 15.2 Å². The predicted molar refractivity (Wildman–Crippen MR) is 100 cm³/mol. The number of rotatable bonds is 2. The van der Waals surface area contributed by atoms with Gasteiger partial charge in [0.1, 0.15) is 0 Å². The summed E-state index contributed by atoms with van der Waals surface area (Å²) in [6, 6.07) is 9.12. The van der Waals surface area contributed by atoms with Crippen LogP contribution >= 0.6 is 45.8 Å². The van der Waals surface area contributed by atoms with E-state index in [1.807, 2.05) is 13.0 Å². The standard InChI is InChI=1S/C17H11Cl2F3INO/c1-9-2-3-10(4-14(9)23)15-8-16(25-24-15,17(20,21)22)11-5-12(18)7-13(19)6-11/h2-8,24H,1H3. The molecule has 1 aliphatic rings. The molecule has 0 radical (unpaired) electrons. The highest BCUT2D eigenvalue weighted by Crippen LogP contribution is 2.48. The quantitative estimate of drug-likeness (QED) is 0.494. The Bertz CT molecular complexity index is 849. The molecule has 8 heteroatoms. The summed E-state index contributed by atoms with van der Waals surface area (Å²) in [4.78, 5) is 5.05. The molecule has 0 spiro atoms. The molecule has 2 aromatic carbocycles. The van der Waals surface area contributed by atoms with Crippen molar-refractivity contribution in [3.05, 3.63) is 72.8 Å². The van der Waals surface area contributed by atoms with Gasteiger partial charge in [0.25, 0.3) is 0 Å². The van der Waals surface area contributed by atoms with Crippen LogP contribution in [0.1, 0.15) is 16.7 Å². The number of hydrogen-bond donors (Lipinski definition) is 1. The molecular weight excluding hydrogens is 489 g/mol. The fraction of sp³-hybridized carbons (Fsp3) is 0.176. The van der Waals surface area contributed by atoms with Crippen LogP contribution in [0.3, 0.4) is 0 Å². The summed E-state index contributed by atoms with van der Waals surface area (Å²) in [6.45, 7) is 1.92. The molecule has 0 aromatic heterocycles. The average molecular weight is 500 g/mol. The van der Waals surface area contributed by atoms with Gasteiger partial charge in [-0.05, 0) is 65.4 Å². The number of hydroxylamine groups is 1. The van der Waals surface area contributed by atoms with Gasteiger partial charge in [0.15, 0.2) is 0 Å². The molecule has 3 rings (SSSR count). The van der Waals surface area contributed by atoms with Crippen LogP contribution in [-0.2, 0) is 10.4 Å². The number of halogens is 6. The maximum absolute atomic E-state index is 13.9. The first-order valence-electron chi connectivity index (χ1n) is 7.09. The first kappa shape index (κ1) is 18.8. The first-order chi connectivity index (χ1) is 11.6. The van der Waals surface area contributed by atoms with Gasteiger partial charge in [-0.15, -0.1) is 0 Å². The molecule has 1 atom stereocenters. The lowest BCUT2D eigenvalue weighted by Gasteiger charge is -2.28.